The predicted molar refractivity (Wildman–Crippen MR) is 92.9 cm³/mol. The molecule has 27 heavy (non-hydrogen) atoms. The Labute approximate surface area is 153 Å². The number of aromatic nitrogens is 2. The third-order valence-electron chi connectivity index (χ3n) is 4.41. The van der Waals surface area contributed by atoms with Crippen LogP contribution in [-0.4, -0.2) is 34.8 Å². The topological polar surface area (TPSA) is 76.0 Å². The summed E-state index contributed by atoms with van der Waals surface area (Å²) in [6.07, 6.45) is -3.03. The molecule has 1 fully saturated rings. The molecule has 1 amide bonds. The highest BCUT2D eigenvalue weighted by Crippen LogP contribution is 2.30. The monoisotopic (exact) mass is 380 g/mol. The Morgan fingerprint density at radius 1 is 1.26 bits per heavy atom. The number of hydrogen-bond donors (Lipinski definition) is 2. The first-order valence-corrected chi connectivity index (χ1v) is 8.56. The lowest BCUT2D eigenvalue weighted by Gasteiger charge is -2.23. The molecule has 0 aliphatic carbocycles. The van der Waals surface area contributed by atoms with Gasteiger partial charge in [-0.25, -0.2) is 4.68 Å². The van der Waals surface area contributed by atoms with Gasteiger partial charge in [0.05, 0.1) is 11.3 Å². The van der Waals surface area contributed by atoms with Crippen molar-refractivity contribution in [2.75, 3.05) is 13.1 Å². The largest absolute Gasteiger partial charge is 0.416 e. The number of hydrogen-bond acceptors (Lipinski definition) is 4. The minimum atomic E-state index is -4.50. The van der Waals surface area contributed by atoms with Crippen LogP contribution in [0.4, 0.5) is 13.2 Å². The van der Waals surface area contributed by atoms with Crippen molar-refractivity contribution in [3.8, 4) is 5.69 Å². The van der Waals surface area contributed by atoms with Gasteiger partial charge < -0.3 is 10.6 Å². The lowest BCUT2D eigenvalue weighted by atomic mass is 10.1. The molecule has 9 heteroatoms. The predicted octanol–water partition coefficient (Wildman–Crippen LogP) is 2.04. The molecule has 1 aromatic heterocycles. The fourth-order valence-corrected chi connectivity index (χ4v) is 3.00. The molecule has 0 atom stereocenters. The van der Waals surface area contributed by atoms with Crippen molar-refractivity contribution >= 4 is 5.91 Å². The van der Waals surface area contributed by atoms with E-state index in [1.165, 1.54) is 22.9 Å². The van der Waals surface area contributed by atoms with Crippen molar-refractivity contribution in [1.82, 2.24) is 20.4 Å². The number of alkyl halides is 3. The van der Waals surface area contributed by atoms with Gasteiger partial charge in [-0.2, -0.15) is 18.3 Å². The molecule has 6 nitrogen and oxygen atoms in total. The molecule has 1 aromatic carbocycles. The number of carbonyl (C=O) groups excluding carboxylic acids is 1. The SMILES string of the molecule is Cc1cc(=O)c(C(=O)NC2CCNCC2)nn1-c1cccc(C(F)(F)F)c1. The van der Waals surface area contributed by atoms with E-state index in [9.17, 15) is 22.8 Å². The van der Waals surface area contributed by atoms with Crippen molar-refractivity contribution in [1.29, 1.82) is 0 Å². The van der Waals surface area contributed by atoms with E-state index in [1.807, 2.05) is 0 Å². The van der Waals surface area contributed by atoms with E-state index in [1.54, 1.807) is 6.92 Å². The van der Waals surface area contributed by atoms with Gasteiger partial charge in [0.2, 0.25) is 5.43 Å². The Kier molecular flexibility index (Phi) is 5.31. The highest BCUT2D eigenvalue weighted by atomic mass is 19.4. The second-order valence-electron chi connectivity index (χ2n) is 6.46. The first kappa shape index (κ1) is 19.1. The Morgan fingerprint density at radius 2 is 1.96 bits per heavy atom. The van der Waals surface area contributed by atoms with Crippen LogP contribution in [-0.2, 0) is 6.18 Å². The zero-order chi connectivity index (χ0) is 19.6. The number of piperidine rings is 1. The highest BCUT2D eigenvalue weighted by molar-refractivity contribution is 5.92. The Bertz CT molecular complexity index is 902. The number of aryl methyl sites for hydroxylation is 1. The second-order valence-corrected chi connectivity index (χ2v) is 6.46. The molecule has 1 saturated heterocycles. The van der Waals surface area contributed by atoms with Crippen molar-refractivity contribution in [3.05, 3.63) is 57.5 Å². The maximum atomic E-state index is 13.0. The van der Waals surface area contributed by atoms with E-state index in [0.29, 0.717) is 5.69 Å². The van der Waals surface area contributed by atoms with Crippen LogP contribution in [0.3, 0.4) is 0 Å². The Balaban J connectivity index is 1.95. The van der Waals surface area contributed by atoms with Gasteiger partial charge in [0.15, 0.2) is 5.69 Å². The number of halogens is 3. The van der Waals surface area contributed by atoms with Crippen LogP contribution in [0.2, 0.25) is 0 Å². The molecule has 2 N–H and O–H groups in total. The fraction of sp³-hybridized carbons (Fsp3) is 0.389. The minimum Gasteiger partial charge on any atom is -0.348 e. The molecule has 144 valence electrons. The number of benzene rings is 1. The first-order valence-electron chi connectivity index (χ1n) is 8.56. The number of nitrogens with zero attached hydrogens (tertiary/aromatic N) is 2. The fourth-order valence-electron chi connectivity index (χ4n) is 3.00. The van der Waals surface area contributed by atoms with Crippen LogP contribution in [0.15, 0.2) is 35.1 Å². The summed E-state index contributed by atoms with van der Waals surface area (Å²) in [5.74, 6) is -0.618. The summed E-state index contributed by atoms with van der Waals surface area (Å²) in [6.45, 7) is 3.07. The molecule has 0 radical (unpaired) electrons. The molecule has 2 heterocycles. The van der Waals surface area contributed by atoms with Crippen LogP contribution in [0.5, 0.6) is 0 Å². The lowest BCUT2D eigenvalue weighted by molar-refractivity contribution is -0.137. The third-order valence-corrected chi connectivity index (χ3v) is 4.41. The lowest BCUT2D eigenvalue weighted by Crippen LogP contribution is -2.44. The van der Waals surface area contributed by atoms with E-state index in [4.69, 9.17) is 0 Å². The quantitative estimate of drug-likeness (QED) is 0.855. The van der Waals surface area contributed by atoms with Crippen LogP contribution in [0, 0.1) is 6.92 Å². The molecule has 2 aromatic rings. The highest BCUT2D eigenvalue weighted by Gasteiger charge is 2.30. The number of nitrogens with one attached hydrogen (secondary N) is 2. The summed E-state index contributed by atoms with van der Waals surface area (Å²) in [5, 5.41) is 9.98. The Hall–Kier alpha value is -2.68. The molecule has 1 aliphatic rings. The van der Waals surface area contributed by atoms with Crippen LogP contribution >= 0.6 is 0 Å². The standard InChI is InChI=1S/C18H19F3N4O2/c1-11-9-15(26)16(17(27)23-13-5-7-22-8-6-13)24-25(11)14-4-2-3-12(10-14)18(19,20)21/h2-4,9-10,13,22H,5-8H2,1H3,(H,23,27). The maximum absolute atomic E-state index is 13.0. The van der Waals surface area contributed by atoms with Gasteiger partial charge in [-0.1, -0.05) is 6.07 Å². The summed E-state index contributed by atoms with van der Waals surface area (Å²) in [7, 11) is 0. The van der Waals surface area contributed by atoms with Crippen LogP contribution < -0.4 is 16.1 Å². The van der Waals surface area contributed by atoms with Crippen molar-refractivity contribution in [2.45, 2.75) is 32.0 Å². The molecule has 1 aliphatic heterocycles. The second kappa shape index (κ2) is 7.51. The van der Waals surface area contributed by atoms with Crippen molar-refractivity contribution in [2.24, 2.45) is 0 Å². The summed E-state index contributed by atoms with van der Waals surface area (Å²) >= 11 is 0. The van der Waals surface area contributed by atoms with Gasteiger partial charge in [0, 0.05) is 17.8 Å². The molecular weight excluding hydrogens is 361 g/mol. The van der Waals surface area contributed by atoms with Gasteiger partial charge in [0.1, 0.15) is 0 Å². The van der Waals surface area contributed by atoms with Crippen LogP contribution in [0.1, 0.15) is 34.6 Å². The van der Waals surface area contributed by atoms with E-state index < -0.39 is 23.1 Å². The summed E-state index contributed by atoms with van der Waals surface area (Å²) in [6, 6.07) is 5.71. The average Bonchev–Trinajstić information content (AvgIpc) is 2.62. The number of rotatable bonds is 3. The van der Waals surface area contributed by atoms with Gasteiger partial charge in [-0.05, 0) is 51.1 Å². The van der Waals surface area contributed by atoms with E-state index in [-0.39, 0.29) is 17.4 Å². The van der Waals surface area contributed by atoms with Gasteiger partial charge in [-0.15, -0.1) is 0 Å². The molecule has 0 spiro atoms. The third kappa shape index (κ3) is 4.36. The van der Waals surface area contributed by atoms with E-state index in [0.717, 1.165) is 38.1 Å². The van der Waals surface area contributed by atoms with E-state index in [2.05, 4.69) is 15.7 Å². The minimum absolute atomic E-state index is 0.0664. The summed E-state index contributed by atoms with van der Waals surface area (Å²) in [5.41, 5.74) is -1.28. The zero-order valence-corrected chi connectivity index (χ0v) is 14.6. The molecule has 3 rings (SSSR count). The van der Waals surface area contributed by atoms with E-state index >= 15 is 0 Å². The van der Waals surface area contributed by atoms with Gasteiger partial charge in [-0.3, -0.25) is 9.59 Å². The van der Waals surface area contributed by atoms with Gasteiger partial charge >= 0.3 is 6.18 Å². The smallest absolute Gasteiger partial charge is 0.348 e. The Morgan fingerprint density at radius 3 is 2.63 bits per heavy atom. The molecular formula is C18H19F3N4O2. The normalized spacial score (nSPS) is 15.6. The van der Waals surface area contributed by atoms with Crippen molar-refractivity contribution in [3.63, 3.8) is 0 Å². The number of amides is 1. The van der Waals surface area contributed by atoms with Gasteiger partial charge in [0.25, 0.3) is 5.91 Å². The maximum Gasteiger partial charge on any atom is 0.416 e. The average molecular weight is 380 g/mol. The number of carbonyl (C=O) groups is 1. The summed E-state index contributed by atoms with van der Waals surface area (Å²) in [4.78, 5) is 24.7. The molecule has 0 bridgehead atoms. The van der Waals surface area contributed by atoms with Crippen molar-refractivity contribution < 1.29 is 18.0 Å². The molecule has 0 unspecified atom stereocenters. The van der Waals surface area contributed by atoms with Crippen LogP contribution in [0.25, 0.3) is 5.69 Å². The zero-order valence-electron chi connectivity index (χ0n) is 14.6. The summed E-state index contributed by atoms with van der Waals surface area (Å²) < 4.78 is 40.1. The molecule has 0 saturated carbocycles. The first-order chi connectivity index (χ1) is 12.8.